The fraction of sp³-hybridized carbons (Fsp3) is 0.769. The van der Waals surface area contributed by atoms with Gasteiger partial charge >= 0.3 is 17.9 Å². The average Bonchev–Trinajstić information content (AvgIpc) is 3.37. The molecule has 0 rings (SSSR count). The van der Waals surface area contributed by atoms with E-state index in [1.807, 2.05) is 0 Å². The van der Waals surface area contributed by atoms with Crippen LogP contribution in [0.4, 0.5) is 0 Å². The standard InChI is InChI=1S/C65H114O6/c1-4-7-10-13-16-19-22-25-28-31-32-33-34-35-38-40-43-46-49-52-55-58-64(67)70-61-62(71-65(68)59-56-53-50-47-44-41-37-30-27-24-21-18-15-12-9-6-3)60-69-63(66)57-54-51-48-45-42-39-36-29-26-23-20-17-14-11-8-5-2/h7,10,16,19,25,28,32-33,35,38,43,46,62H,4-6,8-9,11-15,17-18,20-24,26-27,29-31,34,36-37,39-42,44-45,47-61H2,1-3H3/b10-7-,19-16-,28-25-,33-32-,38-35-,46-43-. The molecule has 0 heterocycles. The molecule has 0 aliphatic rings. The largest absolute Gasteiger partial charge is 0.462 e. The molecule has 0 spiro atoms. The molecule has 0 bridgehead atoms. The van der Waals surface area contributed by atoms with Crippen LogP contribution in [0.2, 0.25) is 0 Å². The Hall–Kier alpha value is -3.15. The summed E-state index contributed by atoms with van der Waals surface area (Å²) in [4.78, 5) is 38.2. The lowest BCUT2D eigenvalue weighted by atomic mass is 10.0. The number of carbonyl (C=O) groups is 3. The van der Waals surface area contributed by atoms with Crippen LogP contribution in [-0.2, 0) is 28.6 Å². The number of ether oxygens (including phenoxy) is 3. The van der Waals surface area contributed by atoms with Gasteiger partial charge in [0.05, 0.1) is 0 Å². The molecule has 0 N–H and O–H groups in total. The second kappa shape index (κ2) is 59.4. The zero-order chi connectivity index (χ0) is 51.4. The zero-order valence-corrected chi connectivity index (χ0v) is 47.0. The molecule has 0 saturated heterocycles. The van der Waals surface area contributed by atoms with Gasteiger partial charge < -0.3 is 14.2 Å². The third-order valence-electron chi connectivity index (χ3n) is 13.2. The second-order valence-electron chi connectivity index (χ2n) is 20.2. The lowest BCUT2D eigenvalue weighted by molar-refractivity contribution is -0.167. The summed E-state index contributed by atoms with van der Waals surface area (Å²) >= 11 is 0. The molecule has 0 aromatic heterocycles. The second-order valence-corrected chi connectivity index (χ2v) is 20.2. The van der Waals surface area contributed by atoms with Crippen LogP contribution in [0.25, 0.3) is 0 Å². The predicted octanol–water partition coefficient (Wildman–Crippen LogP) is 20.5. The summed E-state index contributed by atoms with van der Waals surface area (Å²) in [6, 6.07) is 0. The maximum Gasteiger partial charge on any atom is 0.306 e. The van der Waals surface area contributed by atoms with Crippen molar-refractivity contribution in [1.82, 2.24) is 0 Å². The number of unbranched alkanes of at least 4 members (excludes halogenated alkanes) is 32. The normalized spacial score (nSPS) is 12.5. The number of rotatable bonds is 55. The molecule has 410 valence electrons. The van der Waals surface area contributed by atoms with Crippen molar-refractivity contribution in [2.24, 2.45) is 0 Å². The van der Waals surface area contributed by atoms with Gasteiger partial charge in [-0.2, -0.15) is 0 Å². The molecule has 0 aromatic carbocycles. The van der Waals surface area contributed by atoms with E-state index in [9.17, 15) is 14.4 Å². The van der Waals surface area contributed by atoms with Crippen molar-refractivity contribution in [1.29, 1.82) is 0 Å². The van der Waals surface area contributed by atoms with Crippen molar-refractivity contribution < 1.29 is 28.6 Å². The molecular formula is C65H114O6. The van der Waals surface area contributed by atoms with Crippen LogP contribution in [0.1, 0.15) is 303 Å². The van der Waals surface area contributed by atoms with Crippen LogP contribution in [-0.4, -0.2) is 37.2 Å². The quantitative estimate of drug-likeness (QED) is 0.0261. The number of allylic oxidation sites excluding steroid dienone is 12. The minimum absolute atomic E-state index is 0.0850. The Morgan fingerprint density at radius 1 is 0.296 bits per heavy atom. The smallest absolute Gasteiger partial charge is 0.306 e. The van der Waals surface area contributed by atoms with E-state index in [0.717, 1.165) is 96.3 Å². The molecule has 1 atom stereocenters. The Balaban J connectivity index is 4.43. The molecule has 0 fully saturated rings. The first-order valence-corrected chi connectivity index (χ1v) is 30.4. The fourth-order valence-electron chi connectivity index (χ4n) is 8.68. The van der Waals surface area contributed by atoms with Gasteiger partial charge in [-0.1, -0.05) is 286 Å². The highest BCUT2D eigenvalue weighted by Gasteiger charge is 2.19. The monoisotopic (exact) mass is 991 g/mol. The Morgan fingerprint density at radius 2 is 0.549 bits per heavy atom. The first-order chi connectivity index (χ1) is 35.0. The van der Waals surface area contributed by atoms with Crippen LogP contribution >= 0.6 is 0 Å². The zero-order valence-electron chi connectivity index (χ0n) is 47.0. The summed E-state index contributed by atoms with van der Waals surface area (Å²) in [6.07, 6.45) is 76.1. The first kappa shape index (κ1) is 67.8. The van der Waals surface area contributed by atoms with Crippen LogP contribution in [0.15, 0.2) is 72.9 Å². The highest BCUT2D eigenvalue weighted by atomic mass is 16.6. The molecular weight excluding hydrogens is 877 g/mol. The van der Waals surface area contributed by atoms with Crippen molar-refractivity contribution in [3.8, 4) is 0 Å². The van der Waals surface area contributed by atoms with Gasteiger partial charge in [-0.25, -0.2) is 0 Å². The van der Waals surface area contributed by atoms with Gasteiger partial charge in [0.15, 0.2) is 6.10 Å². The third-order valence-corrected chi connectivity index (χ3v) is 13.2. The minimum Gasteiger partial charge on any atom is -0.462 e. The molecule has 71 heavy (non-hydrogen) atoms. The van der Waals surface area contributed by atoms with Crippen LogP contribution in [0, 0.1) is 0 Å². The molecule has 0 amide bonds. The average molecular weight is 992 g/mol. The highest BCUT2D eigenvalue weighted by Crippen LogP contribution is 2.17. The number of hydrogen-bond donors (Lipinski definition) is 0. The molecule has 0 radical (unpaired) electrons. The van der Waals surface area contributed by atoms with Crippen molar-refractivity contribution in [3.05, 3.63) is 72.9 Å². The summed E-state index contributed by atoms with van der Waals surface area (Å²) in [7, 11) is 0. The molecule has 6 heteroatoms. The van der Waals surface area contributed by atoms with Gasteiger partial charge in [-0.3, -0.25) is 14.4 Å². The maximum atomic E-state index is 12.9. The van der Waals surface area contributed by atoms with Gasteiger partial charge in [-0.15, -0.1) is 0 Å². The summed E-state index contributed by atoms with van der Waals surface area (Å²) < 4.78 is 16.9. The van der Waals surface area contributed by atoms with Gasteiger partial charge in [0.1, 0.15) is 13.2 Å². The summed E-state index contributed by atoms with van der Waals surface area (Å²) in [5, 5.41) is 0. The number of carbonyl (C=O) groups excluding carboxylic acids is 3. The highest BCUT2D eigenvalue weighted by molar-refractivity contribution is 5.71. The van der Waals surface area contributed by atoms with Crippen LogP contribution < -0.4 is 0 Å². The number of hydrogen-bond acceptors (Lipinski definition) is 6. The topological polar surface area (TPSA) is 78.9 Å². The van der Waals surface area contributed by atoms with E-state index in [2.05, 4.69) is 93.7 Å². The SMILES string of the molecule is CC/C=C\C/C=C\C/C=C\C/C=C\C/C=C\C/C=C\CCCCC(=O)OCC(COC(=O)CCCCCCCCCCCCCCCCCC)OC(=O)CCCCCCCCCCCCCCCCCC. The molecule has 0 aliphatic carbocycles. The van der Waals surface area contributed by atoms with Crippen molar-refractivity contribution in [2.45, 2.75) is 309 Å². The van der Waals surface area contributed by atoms with E-state index >= 15 is 0 Å². The maximum absolute atomic E-state index is 12.9. The predicted molar refractivity (Wildman–Crippen MR) is 307 cm³/mol. The molecule has 1 unspecified atom stereocenters. The van der Waals surface area contributed by atoms with Crippen LogP contribution in [0.5, 0.6) is 0 Å². The van der Waals surface area contributed by atoms with Crippen molar-refractivity contribution in [3.63, 3.8) is 0 Å². The van der Waals surface area contributed by atoms with E-state index in [-0.39, 0.29) is 31.1 Å². The van der Waals surface area contributed by atoms with E-state index in [1.54, 1.807) is 0 Å². The van der Waals surface area contributed by atoms with Gasteiger partial charge in [0, 0.05) is 19.3 Å². The molecule has 0 aromatic rings. The van der Waals surface area contributed by atoms with Gasteiger partial charge in [0.25, 0.3) is 0 Å². The third kappa shape index (κ3) is 57.6. The van der Waals surface area contributed by atoms with E-state index in [0.29, 0.717) is 19.3 Å². The first-order valence-electron chi connectivity index (χ1n) is 30.4. The summed E-state index contributed by atoms with van der Waals surface area (Å²) in [5.74, 6) is -0.914. The number of esters is 3. The van der Waals surface area contributed by atoms with E-state index < -0.39 is 6.10 Å². The van der Waals surface area contributed by atoms with Crippen molar-refractivity contribution in [2.75, 3.05) is 13.2 Å². The summed E-state index contributed by atoms with van der Waals surface area (Å²) in [6.45, 7) is 6.53. The minimum atomic E-state index is -0.791. The Kier molecular flexibility index (Phi) is 56.8. The van der Waals surface area contributed by atoms with Crippen molar-refractivity contribution >= 4 is 17.9 Å². The van der Waals surface area contributed by atoms with E-state index in [1.165, 1.54) is 167 Å². The van der Waals surface area contributed by atoms with Crippen LogP contribution in [0.3, 0.4) is 0 Å². The van der Waals surface area contributed by atoms with Gasteiger partial charge in [0.2, 0.25) is 0 Å². The summed E-state index contributed by atoms with van der Waals surface area (Å²) in [5.41, 5.74) is 0. The lowest BCUT2D eigenvalue weighted by Crippen LogP contribution is -2.30. The molecule has 6 nitrogen and oxygen atoms in total. The van der Waals surface area contributed by atoms with E-state index in [4.69, 9.17) is 14.2 Å². The Bertz CT molecular complexity index is 1320. The molecule has 0 aliphatic heterocycles. The Morgan fingerprint density at radius 3 is 0.859 bits per heavy atom. The Labute approximate surface area is 440 Å². The molecule has 0 saturated carbocycles. The lowest BCUT2D eigenvalue weighted by Gasteiger charge is -2.18. The fourth-order valence-corrected chi connectivity index (χ4v) is 8.68. The van der Waals surface area contributed by atoms with Gasteiger partial charge in [-0.05, 0) is 70.6 Å².